The highest BCUT2D eigenvalue weighted by molar-refractivity contribution is 5.98. The van der Waals surface area contributed by atoms with E-state index >= 15 is 4.39 Å². The maximum atomic E-state index is 15.1. The van der Waals surface area contributed by atoms with Crippen LogP contribution in [0.1, 0.15) is 57.4 Å². The molecular weight excluding hydrogens is 501 g/mol. The largest absolute Gasteiger partial charge is 0.497 e. The van der Waals surface area contributed by atoms with E-state index in [2.05, 4.69) is 5.32 Å². The van der Waals surface area contributed by atoms with Crippen molar-refractivity contribution in [3.05, 3.63) is 58.9 Å². The molecule has 0 saturated heterocycles. The molecule has 208 valence electrons. The number of alkyl halides is 2. The van der Waals surface area contributed by atoms with Crippen LogP contribution < -0.4 is 10.1 Å². The van der Waals surface area contributed by atoms with E-state index in [4.69, 9.17) is 14.2 Å². The second-order valence-electron chi connectivity index (χ2n) is 10.9. The zero-order valence-electron chi connectivity index (χ0n) is 22.6. The van der Waals surface area contributed by atoms with Gasteiger partial charge in [0.1, 0.15) is 29.8 Å². The van der Waals surface area contributed by atoms with Gasteiger partial charge in [0.25, 0.3) is 12.3 Å². The molecule has 0 radical (unpaired) electrons. The van der Waals surface area contributed by atoms with E-state index in [-0.39, 0.29) is 24.4 Å². The summed E-state index contributed by atoms with van der Waals surface area (Å²) in [5.74, 6) is -0.522. The Morgan fingerprint density at radius 3 is 2.42 bits per heavy atom. The molecule has 3 rings (SSSR count). The van der Waals surface area contributed by atoms with E-state index in [0.29, 0.717) is 17.7 Å². The number of carbonyl (C=O) groups is 2. The number of halogens is 3. The molecule has 0 spiro atoms. The van der Waals surface area contributed by atoms with Gasteiger partial charge in [0.2, 0.25) is 0 Å². The number of nitrogens with zero attached hydrogens (tertiary/aromatic N) is 1. The Hall–Kier alpha value is -3.27. The van der Waals surface area contributed by atoms with Crippen molar-refractivity contribution in [3.8, 4) is 5.75 Å². The SMILES string of the molecule is COc1ccc2c(c1)CCN(C(=O)OC(C)(C)C)C2C(=O)Nc1ccc(C(C)(C)COCC(F)F)c(F)c1. The molecule has 0 bridgehead atoms. The maximum Gasteiger partial charge on any atom is 0.411 e. The van der Waals surface area contributed by atoms with Gasteiger partial charge < -0.3 is 19.5 Å². The van der Waals surface area contributed by atoms with E-state index < -0.39 is 47.9 Å². The maximum absolute atomic E-state index is 15.1. The second kappa shape index (κ2) is 11.6. The van der Waals surface area contributed by atoms with Crippen molar-refractivity contribution in [3.63, 3.8) is 0 Å². The average Bonchev–Trinajstić information content (AvgIpc) is 2.81. The highest BCUT2D eigenvalue weighted by Gasteiger charge is 2.38. The molecule has 2 amide bonds. The molecule has 1 aliphatic rings. The van der Waals surface area contributed by atoms with Crippen LogP contribution >= 0.6 is 0 Å². The molecule has 0 aliphatic carbocycles. The van der Waals surface area contributed by atoms with Crippen molar-refractivity contribution < 1.29 is 37.0 Å². The predicted molar refractivity (Wildman–Crippen MR) is 137 cm³/mol. The number of hydrogen-bond acceptors (Lipinski definition) is 5. The van der Waals surface area contributed by atoms with Crippen molar-refractivity contribution >= 4 is 17.7 Å². The van der Waals surface area contributed by atoms with Gasteiger partial charge in [-0.1, -0.05) is 26.0 Å². The summed E-state index contributed by atoms with van der Waals surface area (Å²) >= 11 is 0. The number of rotatable bonds is 8. The molecular formula is C28H35F3N2O5. The van der Waals surface area contributed by atoms with Crippen molar-refractivity contribution in [2.75, 3.05) is 32.2 Å². The lowest BCUT2D eigenvalue weighted by Gasteiger charge is -2.37. The minimum Gasteiger partial charge on any atom is -0.497 e. The Balaban J connectivity index is 1.87. The molecule has 7 nitrogen and oxygen atoms in total. The number of carbonyl (C=O) groups excluding carboxylic acids is 2. The normalized spacial score (nSPS) is 15.7. The Labute approximate surface area is 221 Å². The van der Waals surface area contributed by atoms with Crippen molar-refractivity contribution in [1.82, 2.24) is 4.90 Å². The summed E-state index contributed by atoms with van der Waals surface area (Å²) in [6.07, 6.45) is -2.74. The summed E-state index contributed by atoms with van der Waals surface area (Å²) in [7, 11) is 1.55. The number of ether oxygens (including phenoxy) is 3. The van der Waals surface area contributed by atoms with Crippen LogP contribution in [-0.2, 0) is 26.1 Å². The Bertz CT molecular complexity index is 1160. The van der Waals surface area contributed by atoms with Crippen LogP contribution in [0.4, 0.5) is 23.7 Å². The topological polar surface area (TPSA) is 77.1 Å². The molecule has 0 aromatic heterocycles. The van der Waals surface area contributed by atoms with E-state index in [0.717, 1.165) is 11.6 Å². The highest BCUT2D eigenvalue weighted by Crippen LogP contribution is 2.35. The van der Waals surface area contributed by atoms with Crippen LogP contribution in [0.2, 0.25) is 0 Å². The molecule has 1 aliphatic heterocycles. The average molecular weight is 537 g/mol. The van der Waals surface area contributed by atoms with Gasteiger partial charge in [-0.05, 0) is 68.1 Å². The van der Waals surface area contributed by atoms with Gasteiger partial charge in [0.15, 0.2) is 0 Å². The van der Waals surface area contributed by atoms with E-state index in [1.807, 2.05) is 6.07 Å². The van der Waals surface area contributed by atoms with Crippen molar-refractivity contribution in [2.24, 2.45) is 0 Å². The van der Waals surface area contributed by atoms with E-state index in [1.165, 1.54) is 17.0 Å². The standard InChI is InChI=1S/C28H35F3N2O5/c1-27(2,3)38-26(35)33-12-11-17-13-19(36-6)8-9-20(17)24(33)25(34)32-18-7-10-21(22(29)14-18)28(4,5)16-37-15-23(30)31/h7-10,13-14,23-24H,11-12,15-16H2,1-6H3,(H,32,34). The number of fused-ring (bicyclic) bond motifs is 1. The lowest BCUT2D eigenvalue weighted by atomic mass is 9.85. The summed E-state index contributed by atoms with van der Waals surface area (Å²) in [5.41, 5.74) is 0.284. The van der Waals surface area contributed by atoms with Gasteiger partial charge in [-0.25, -0.2) is 18.0 Å². The molecule has 38 heavy (non-hydrogen) atoms. The minimum atomic E-state index is -2.61. The van der Waals surface area contributed by atoms with E-state index in [9.17, 15) is 18.4 Å². The third-order valence-corrected chi connectivity index (χ3v) is 6.13. The first-order valence-electron chi connectivity index (χ1n) is 12.3. The van der Waals surface area contributed by atoms with Crippen LogP contribution in [0.15, 0.2) is 36.4 Å². The van der Waals surface area contributed by atoms with Crippen LogP contribution in [0.5, 0.6) is 5.75 Å². The number of amides is 2. The summed E-state index contributed by atoms with van der Waals surface area (Å²) in [5, 5.41) is 2.72. The smallest absolute Gasteiger partial charge is 0.411 e. The number of methoxy groups -OCH3 is 1. The summed E-state index contributed by atoms with van der Waals surface area (Å²) < 4.78 is 55.8. The van der Waals surface area contributed by atoms with E-state index in [1.54, 1.807) is 53.9 Å². The molecule has 1 unspecified atom stereocenters. The molecule has 1 N–H and O–H groups in total. The summed E-state index contributed by atoms with van der Waals surface area (Å²) in [6, 6.07) is 8.45. The number of anilines is 1. The molecule has 1 atom stereocenters. The molecule has 0 fully saturated rings. The molecule has 10 heteroatoms. The fourth-order valence-corrected chi connectivity index (χ4v) is 4.36. The van der Waals surface area contributed by atoms with Crippen LogP contribution in [-0.4, -0.2) is 55.8 Å². The zero-order chi connectivity index (χ0) is 28.3. The first-order chi connectivity index (χ1) is 17.7. The highest BCUT2D eigenvalue weighted by atomic mass is 19.3. The number of nitrogens with one attached hydrogen (secondary N) is 1. The minimum absolute atomic E-state index is 0.104. The van der Waals surface area contributed by atoms with Gasteiger partial charge in [-0.15, -0.1) is 0 Å². The summed E-state index contributed by atoms with van der Waals surface area (Å²) in [4.78, 5) is 28.0. The fraction of sp³-hybridized carbons (Fsp3) is 0.500. The first kappa shape index (κ1) is 29.3. The van der Waals surface area contributed by atoms with Gasteiger partial charge in [-0.2, -0.15) is 0 Å². The van der Waals surface area contributed by atoms with Gasteiger partial charge in [0.05, 0.1) is 13.7 Å². The Morgan fingerprint density at radius 1 is 1.11 bits per heavy atom. The Morgan fingerprint density at radius 2 is 1.82 bits per heavy atom. The quantitative estimate of drug-likeness (QED) is 0.457. The lowest BCUT2D eigenvalue weighted by molar-refractivity contribution is -0.122. The number of benzene rings is 2. The third kappa shape index (κ3) is 7.18. The lowest BCUT2D eigenvalue weighted by Crippen LogP contribution is -2.47. The fourth-order valence-electron chi connectivity index (χ4n) is 4.36. The summed E-state index contributed by atoms with van der Waals surface area (Å²) in [6.45, 7) is 8.00. The van der Waals surface area contributed by atoms with Gasteiger partial charge >= 0.3 is 6.09 Å². The van der Waals surface area contributed by atoms with Crippen LogP contribution in [0, 0.1) is 5.82 Å². The molecule has 0 saturated carbocycles. The van der Waals surface area contributed by atoms with Gasteiger partial charge in [-0.3, -0.25) is 9.69 Å². The van der Waals surface area contributed by atoms with Crippen LogP contribution in [0.25, 0.3) is 0 Å². The van der Waals surface area contributed by atoms with Crippen molar-refractivity contribution in [2.45, 2.75) is 64.5 Å². The third-order valence-electron chi connectivity index (χ3n) is 6.13. The number of hydrogen-bond donors (Lipinski definition) is 1. The first-order valence-corrected chi connectivity index (χ1v) is 12.3. The van der Waals surface area contributed by atoms with Crippen LogP contribution in [0.3, 0.4) is 0 Å². The second-order valence-corrected chi connectivity index (χ2v) is 10.9. The molecule has 1 heterocycles. The molecule has 2 aromatic carbocycles. The monoisotopic (exact) mass is 536 g/mol. The predicted octanol–water partition coefficient (Wildman–Crippen LogP) is 5.87. The zero-order valence-corrected chi connectivity index (χ0v) is 22.6. The van der Waals surface area contributed by atoms with Crippen molar-refractivity contribution in [1.29, 1.82) is 0 Å². The van der Waals surface area contributed by atoms with Gasteiger partial charge in [0, 0.05) is 17.6 Å². The Kier molecular flexibility index (Phi) is 8.97. The molecule has 2 aromatic rings.